The number of hydrogen-bond acceptors (Lipinski definition) is 3. The number of alkyl halides is 2. The van der Waals surface area contributed by atoms with Gasteiger partial charge in [-0.25, -0.2) is 0 Å². The maximum Gasteiger partial charge on any atom is 0.387 e. The SMILES string of the molecule is CC1CC1C(=O)C(C#N)c1ccc(OC(F)F)cc1. The zero-order valence-corrected chi connectivity index (χ0v) is 10.3. The Morgan fingerprint density at radius 3 is 2.42 bits per heavy atom. The highest BCUT2D eigenvalue weighted by Crippen LogP contribution is 2.42. The van der Waals surface area contributed by atoms with Gasteiger partial charge in [0.1, 0.15) is 11.7 Å². The van der Waals surface area contributed by atoms with Gasteiger partial charge in [0.2, 0.25) is 0 Å². The molecule has 1 fully saturated rings. The summed E-state index contributed by atoms with van der Waals surface area (Å²) in [4.78, 5) is 12.0. The van der Waals surface area contributed by atoms with Crippen molar-refractivity contribution in [2.75, 3.05) is 0 Å². The van der Waals surface area contributed by atoms with Crippen LogP contribution in [0.4, 0.5) is 8.78 Å². The van der Waals surface area contributed by atoms with Crippen molar-refractivity contribution in [3.05, 3.63) is 29.8 Å². The third-order valence-corrected chi connectivity index (χ3v) is 3.33. The molecule has 2 rings (SSSR count). The number of carbonyl (C=O) groups is 1. The van der Waals surface area contributed by atoms with Crippen LogP contribution in [0.3, 0.4) is 0 Å². The Morgan fingerprint density at radius 2 is 2.00 bits per heavy atom. The molecule has 0 N–H and O–H groups in total. The second-order valence-electron chi connectivity index (χ2n) is 4.73. The van der Waals surface area contributed by atoms with Crippen molar-refractivity contribution in [1.29, 1.82) is 5.26 Å². The fourth-order valence-corrected chi connectivity index (χ4v) is 2.08. The maximum atomic E-state index is 12.0. The molecule has 19 heavy (non-hydrogen) atoms. The first kappa shape index (κ1) is 13.5. The average Bonchev–Trinajstić information content (AvgIpc) is 3.08. The van der Waals surface area contributed by atoms with E-state index in [9.17, 15) is 13.6 Å². The fourth-order valence-electron chi connectivity index (χ4n) is 2.08. The molecule has 0 aromatic heterocycles. The number of hydrogen-bond donors (Lipinski definition) is 0. The highest BCUT2D eigenvalue weighted by molar-refractivity contribution is 5.92. The predicted molar refractivity (Wildman–Crippen MR) is 63.7 cm³/mol. The van der Waals surface area contributed by atoms with E-state index in [1.54, 1.807) is 0 Å². The summed E-state index contributed by atoms with van der Waals surface area (Å²) < 4.78 is 28.2. The molecule has 100 valence electrons. The molecular formula is C14H13F2NO2. The van der Waals surface area contributed by atoms with Crippen LogP contribution in [0.15, 0.2) is 24.3 Å². The van der Waals surface area contributed by atoms with Crippen LogP contribution < -0.4 is 4.74 Å². The lowest BCUT2D eigenvalue weighted by molar-refractivity contribution is -0.120. The molecule has 0 bridgehead atoms. The summed E-state index contributed by atoms with van der Waals surface area (Å²) in [6.45, 7) is -0.914. The first-order valence-corrected chi connectivity index (χ1v) is 6.01. The van der Waals surface area contributed by atoms with E-state index in [1.807, 2.05) is 13.0 Å². The Kier molecular flexibility index (Phi) is 3.79. The van der Waals surface area contributed by atoms with Gasteiger partial charge in [-0.2, -0.15) is 14.0 Å². The van der Waals surface area contributed by atoms with Gasteiger partial charge in [-0.3, -0.25) is 4.79 Å². The number of nitrogens with zero attached hydrogens (tertiary/aromatic N) is 1. The zero-order chi connectivity index (χ0) is 14.0. The van der Waals surface area contributed by atoms with E-state index in [1.165, 1.54) is 24.3 Å². The summed E-state index contributed by atoms with van der Waals surface area (Å²) >= 11 is 0. The smallest absolute Gasteiger partial charge is 0.387 e. The lowest BCUT2D eigenvalue weighted by atomic mass is 9.93. The van der Waals surface area contributed by atoms with Crippen molar-refractivity contribution in [2.45, 2.75) is 25.9 Å². The molecule has 1 aromatic carbocycles. The van der Waals surface area contributed by atoms with E-state index in [4.69, 9.17) is 5.26 Å². The lowest BCUT2D eigenvalue weighted by Crippen LogP contribution is -2.13. The van der Waals surface area contributed by atoms with Crippen molar-refractivity contribution < 1.29 is 18.3 Å². The Balaban J connectivity index is 2.11. The van der Waals surface area contributed by atoms with Gasteiger partial charge in [-0.05, 0) is 30.0 Å². The quantitative estimate of drug-likeness (QED) is 0.821. The standard InChI is InChI=1S/C14H13F2NO2/c1-8-6-11(8)13(18)12(7-17)9-2-4-10(5-3-9)19-14(15)16/h2-5,8,11-12,14H,6H2,1H3. The number of ether oxygens (including phenoxy) is 1. The summed E-state index contributed by atoms with van der Waals surface area (Å²) in [6, 6.07) is 7.63. The van der Waals surface area contributed by atoms with Gasteiger partial charge in [-0.1, -0.05) is 19.1 Å². The molecule has 0 heterocycles. The molecule has 5 heteroatoms. The molecule has 3 atom stereocenters. The van der Waals surface area contributed by atoms with Crippen LogP contribution in [0.5, 0.6) is 5.75 Å². The number of Topliss-reactive ketones (excluding diaryl/α,β-unsaturated/α-hetero) is 1. The average molecular weight is 265 g/mol. The number of halogens is 2. The van der Waals surface area contributed by atoms with E-state index < -0.39 is 12.5 Å². The maximum absolute atomic E-state index is 12.0. The Morgan fingerprint density at radius 1 is 1.42 bits per heavy atom. The van der Waals surface area contributed by atoms with Crippen molar-refractivity contribution in [3.8, 4) is 11.8 Å². The molecule has 3 nitrogen and oxygen atoms in total. The normalized spacial score (nSPS) is 22.7. The van der Waals surface area contributed by atoms with Gasteiger partial charge >= 0.3 is 6.61 Å². The highest BCUT2D eigenvalue weighted by Gasteiger charge is 2.42. The number of nitriles is 1. The molecule has 0 spiro atoms. The van der Waals surface area contributed by atoms with E-state index in [-0.39, 0.29) is 17.5 Å². The van der Waals surface area contributed by atoms with Gasteiger partial charge < -0.3 is 4.74 Å². The van der Waals surface area contributed by atoms with Crippen molar-refractivity contribution >= 4 is 5.78 Å². The van der Waals surface area contributed by atoms with Crippen molar-refractivity contribution in [1.82, 2.24) is 0 Å². The summed E-state index contributed by atoms with van der Waals surface area (Å²) in [7, 11) is 0. The zero-order valence-electron chi connectivity index (χ0n) is 10.3. The molecular weight excluding hydrogens is 252 g/mol. The van der Waals surface area contributed by atoms with Crippen LogP contribution in [0.1, 0.15) is 24.8 Å². The summed E-state index contributed by atoms with van der Waals surface area (Å²) in [6.07, 6.45) is 0.823. The third-order valence-electron chi connectivity index (χ3n) is 3.33. The van der Waals surface area contributed by atoms with Gasteiger partial charge in [0.15, 0.2) is 5.78 Å². The number of carbonyl (C=O) groups excluding carboxylic acids is 1. The van der Waals surface area contributed by atoms with Crippen molar-refractivity contribution in [2.24, 2.45) is 11.8 Å². The van der Waals surface area contributed by atoms with Crippen molar-refractivity contribution in [3.63, 3.8) is 0 Å². The van der Waals surface area contributed by atoms with Gasteiger partial charge in [0.25, 0.3) is 0 Å². The molecule has 0 aliphatic heterocycles. The van der Waals surface area contributed by atoms with Crippen LogP contribution in [-0.4, -0.2) is 12.4 Å². The van der Waals surface area contributed by atoms with Crippen LogP contribution >= 0.6 is 0 Å². The minimum absolute atomic E-state index is 0.0164. The second-order valence-corrected chi connectivity index (χ2v) is 4.73. The molecule has 0 amide bonds. The van der Waals surface area contributed by atoms with E-state index >= 15 is 0 Å². The summed E-state index contributed by atoms with van der Waals surface area (Å²) in [5.74, 6) is -0.595. The fraction of sp³-hybridized carbons (Fsp3) is 0.429. The molecule has 1 aliphatic rings. The number of ketones is 1. The lowest BCUT2D eigenvalue weighted by Gasteiger charge is -2.09. The van der Waals surface area contributed by atoms with E-state index in [0.717, 1.165) is 6.42 Å². The van der Waals surface area contributed by atoms with Gasteiger partial charge in [0.05, 0.1) is 6.07 Å². The summed E-state index contributed by atoms with van der Waals surface area (Å²) in [5, 5.41) is 9.11. The van der Waals surface area contributed by atoms with E-state index in [0.29, 0.717) is 11.5 Å². The Bertz CT molecular complexity index is 507. The summed E-state index contributed by atoms with van der Waals surface area (Å²) in [5.41, 5.74) is 0.521. The molecule has 1 aliphatic carbocycles. The first-order chi connectivity index (χ1) is 9.02. The monoisotopic (exact) mass is 265 g/mol. The second kappa shape index (κ2) is 5.35. The Hall–Kier alpha value is -1.96. The first-order valence-electron chi connectivity index (χ1n) is 6.01. The highest BCUT2D eigenvalue weighted by atomic mass is 19.3. The van der Waals surface area contributed by atoms with Gasteiger partial charge in [-0.15, -0.1) is 0 Å². The van der Waals surface area contributed by atoms with Crippen LogP contribution in [0, 0.1) is 23.2 Å². The van der Waals surface area contributed by atoms with Crippen LogP contribution in [-0.2, 0) is 4.79 Å². The van der Waals surface area contributed by atoms with Crippen LogP contribution in [0.2, 0.25) is 0 Å². The molecule has 1 saturated carbocycles. The molecule has 3 unspecified atom stereocenters. The predicted octanol–water partition coefficient (Wildman–Crippen LogP) is 3.12. The van der Waals surface area contributed by atoms with Crippen LogP contribution in [0.25, 0.3) is 0 Å². The largest absolute Gasteiger partial charge is 0.435 e. The number of benzene rings is 1. The topological polar surface area (TPSA) is 50.1 Å². The number of rotatable bonds is 5. The minimum atomic E-state index is -2.88. The van der Waals surface area contributed by atoms with Gasteiger partial charge in [0, 0.05) is 5.92 Å². The van der Waals surface area contributed by atoms with E-state index in [2.05, 4.69) is 4.74 Å². The minimum Gasteiger partial charge on any atom is -0.435 e. The Labute approximate surface area is 109 Å². The molecule has 1 aromatic rings. The molecule has 0 saturated heterocycles. The molecule has 0 radical (unpaired) electrons. The third kappa shape index (κ3) is 3.08.